The van der Waals surface area contributed by atoms with Crippen molar-refractivity contribution in [2.45, 2.75) is 71.4 Å². The van der Waals surface area contributed by atoms with Gasteiger partial charge in [-0.2, -0.15) is 0 Å². The fourth-order valence-corrected chi connectivity index (χ4v) is 1.74. The van der Waals surface area contributed by atoms with Crippen molar-refractivity contribution in [2.24, 2.45) is 0 Å². The van der Waals surface area contributed by atoms with Gasteiger partial charge in [0.05, 0.1) is 7.11 Å². The number of Topliss-reactive ketones (excluding diaryl/α,β-unsaturated/α-hetero) is 1. The number of nitrogens with one attached hydrogen (secondary N) is 1. The van der Waals surface area contributed by atoms with E-state index >= 15 is 0 Å². The van der Waals surface area contributed by atoms with E-state index in [0.29, 0.717) is 12.8 Å². The number of amides is 1. The van der Waals surface area contributed by atoms with Crippen LogP contribution >= 0.6 is 0 Å². The lowest BCUT2D eigenvalue weighted by molar-refractivity contribution is -0.143. The fraction of sp³-hybridized carbons (Fsp3) is 0.800. The van der Waals surface area contributed by atoms with E-state index < -0.39 is 23.7 Å². The van der Waals surface area contributed by atoms with Gasteiger partial charge in [0.15, 0.2) is 0 Å². The first kappa shape index (κ1) is 19.4. The van der Waals surface area contributed by atoms with Crippen molar-refractivity contribution >= 4 is 17.8 Å². The summed E-state index contributed by atoms with van der Waals surface area (Å²) in [6.07, 6.45) is 2.70. The Bertz CT molecular complexity index is 360. The molecule has 0 bridgehead atoms. The lowest BCUT2D eigenvalue weighted by Crippen LogP contribution is -2.44. The van der Waals surface area contributed by atoms with E-state index in [9.17, 15) is 14.4 Å². The highest BCUT2D eigenvalue weighted by atomic mass is 16.6. The van der Waals surface area contributed by atoms with E-state index in [4.69, 9.17) is 4.74 Å². The lowest BCUT2D eigenvalue weighted by Gasteiger charge is -2.22. The molecule has 0 aliphatic carbocycles. The number of methoxy groups -OCH3 is 1. The summed E-state index contributed by atoms with van der Waals surface area (Å²) in [6.45, 7) is 6.81. The highest BCUT2D eigenvalue weighted by Gasteiger charge is 2.24. The van der Waals surface area contributed by atoms with Crippen LogP contribution in [-0.4, -0.2) is 36.6 Å². The van der Waals surface area contributed by atoms with Gasteiger partial charge in [-0.1, -0.05) is 12.8 Å². The number of ketones is 1. The van der Waals surface area contributed by atoms with Gasteiger partial charge >= 0.3 is 12.1 Å². The first-order chi connectivity index (χ1) is 9.65. The topological polar surface area (TPSA) is 81.7 Å². The average Bonchev–Trinajstić information content (AvgIpc) is 2.33. The highest BCUT2D eigenvalue weighted by Crippen LogP contribution is 2.10. The molecule has 0 unspecified atom stereocenters. The monoisotopic (exact) mass is 301 g/mol. The van der Waals surface area contributed by atoms with Gasteiger partial charge in [-0.05, 0) is 40.5 Å². The predicted octanol–water partition coefficient (Wildman–Crippen LogP) is 2.59. The number of esters is 1. The van der Waals surface area contributed by atoms with Crippen molar-refractivity contribution in [1.82, 2.24) is 5.32 Å². The molecule has 6 nitrogen and oxygen atoms in total. The number of ether oxygens (including phenoxy) is 2. The Morgan fingerprint density at radius 1 is 1.10 bits per heavy atom. The van der Waals surface area contributed by atoms with Crippen molar-refractivity contribution in [3.05, 3.63) is 0 Å². The Morgan fingerprint density at radius 3 is 2.19 bits per heavy atom. The molecule has 1 atom stereocenters. The second-order valence-electron chi connectivity index (χ2n) is 6.02. The van der Waals surface area contributed by atoms with Gasteiger partial charge in [0, 0.05) is 6.42 Å². The van der Waals surface area contributed by atoms with Gasteiger partial charge in [0.25, 0.3) is 0 Å². The van der Waals surface area contributed by atoms with Crippen LogP contribution in [0.3, 0.4) is 0 Å². The highest BCUT2D eigenvalue weighted by molar-refractivity contribution is 5.81. The van der Waals surface area contributed by atoms with Crippen molar-refractivity contribution in [3.63, 3.8) is 0 Å². The van der Waals surface area contributed by atoms with Gasteiger partial charge in [0.1, 0.15) is 17.4 Å². The smallest absolute Gasteiger partial charge is 0.408 e. The molecule has 122 valence electrons. The van der Waals surface area contributed by atoms with Crippen LogP contribution in [0.4, 0.5) is 4.79 Å². The van der Waals surface area contributed by atoms with Crippen molar-refractivity contribution < 1.29 is 23.9 Å². The molecule has 1 N–H and O–H groups in total. The number of hydrogen-bond donors (Lipinski definition) is 1. The third-order valence-electron chi connectivity index (χ3n) is 2.70. The molecule has 0 fully saturated rings. The van der Waals surface area contributed by atoms with Gasteiger partial charge in [-0.25, -0.2) is 9.59 Å². The minimum Gasteiger partial charge on any atom is -0.467 e. The Morgan fingerprint density at radius 2 is 1.71 bits per heavy atom. The van der Waals surface area contributed by atoms with E-state index in [2.05, 4.69) is 10.1 Å². The SMILES string of the molecule is COC(=O)[C@H](CCCCCC(C)=O)NC(=O)OC(C)(C)C. The Kier molecular flexibility index (Phi) is 8.66. The van der Waals surface area contributed by atoms with Gasteiger partial charge in [-0.3, -0.25) is 0 Å². The summed E-state index contributed by atoms with van der Waals surface area (Å²) in [5.41, 5.74) is -0.619. The van der Waals surface area contributed by atoms with Crippen molar-refractivity contribution in [1.29, 1.82) is 0 Å². The minimum absolute atomic E-state index is 0.159. The zero-order valence-corrected chi connectivity index (χ0v) is 13.7. The second kappa shape index (κ2) is 9.37. The maximum absolute atomic E-state index is 11.7. The van der Waals surface area contributed by atoms with Crippen LogP contribution in [0.25, 0.3) is 0 Å². The first-order valence-electron chi connectivity index (χ1n) is 7.22. The number of unbranched alkanes of at least 4 members (excludes halogenated alkanes) is 2. The molecule has 0 spiro atoms. The van der Waals surface area contributed by atoms with Gasteiger partial charge < -0.3 is 19.6 Å². The molecule has 0 saturated carbocycles. The molecule has 0 aliphatic heterocycles. The molecule has 1 amide bonds. The first-order valence-corrected chi connectivity index (χ1v) is 7.22. The summed E-state index contributed by atoms with van der Waals surface area (Å²) in [4.78, 5) is 34.1. The standard InChI is InChI=1S/C15H27NO5/c1-11(17)9-7-6-8-10-12(13(18)20-5)16-14(19)21-15(2,3)4/h12H,6-10H2,1-5H3,(H,16,19)/t12-/m0/s1. The zero-order chi connectivity index (χ0) is 16.5. The summed E-state index contributed by atoms with van der Waals surface area (Å²) in [6, 6.07) is -0.720. The molecule has 6 heteroatoms. The molecule has 0 aliphatic rings. The second-order valence-corrected chi connectivity index (χ2v) is 6.02. The average molecular weight is 301 g/mol. The molecule has 0 aromatic rings. The summed E-state index contributed by atoms with van der Waals surface area (Å²) in [5, 5.41) is 2.52. The van der Waals surface area contributed by atoms with E-state index in [0.717, 1.165) is 19.3 Å². The molecule has 0 heterocycles. The molecule has 0 aromatic heterocycles. The maximum atomic E-state index is 11.7. The summed E-state index contributed by atoms with van der Waals surface area (Å²) >= 11 is 0. The summed E-state index contributed by atoms with van der Waals surface area (Å²) in [5.74, 6) is -0.334. The molecule has 0 aromatic carbocycles. The summed E-state index contributed by atoms with van der Waals surface area (Å²) in [7, 11) is 1.28. The molecule has 0 radical (unpaired) electrons. The Hall–Kier alpha value is -1.59. The van der Waals surface area contributed by atoms with Crippen LogP contribution in [0.1, 0.15) is 59.8 Å². The third-order valence-corrected chi connectivity index (χ3v) is 2.70. The predicted molar refractivity (Wildman–Crippen MR) is 78.9 cm³/mol. The largest absolute Gasteiger partial charge is 0.467 e. The number of alkyl carbamates (subject to hydrolysis) is 1. The number of carbonyl (C=O) groups is 3. The molecular weight excluding hydrogens is 274 g/mol. The van der Waals surface area contributed by atoms with Gasteiger partial charge in [0.2, 0.25) is 0 Å². The minimum atomic E-state index is -0.720. The van der Waals surface area contributed by atoms with E-state index in [1.54, 1.807) is 27.7 Å². The van der Waals surface area contributed by atoms with Crippen molar-refractivity contribution in [2.75, 3.05) is 7.11 Å². The maximum Gasteiger partial charge on any atom is 0.408 e. The van der Waals surface area contributed by atoms with Crippen LogP contribution in [0.5, 0.6) is 0 Å². The lowest BCUT2D eigenvalue weighted by atomic mass is 10.1. The number of carbonyl (C=O) groups excluding carboxylic acids is 3. The van der Waals surface area contributed by atoms with Crippen LogP contribution in [0.2, 0.25) is 0 Å². The van der Waals surface area contributed by atoms with Crippen LogP contribution in [-0.2, 0) is 19.1 Å². The molecule has 0 rings (SSSR count). The quantitative estimate of drug-likeness (QED) is 0.550. The van der Waals surface area contributed by atoms with Crippen LogP contribution in [0, 0.1) is 0 Å². The third kappa shape index (κ3) is 10.8. The molecular formula is C15H27NO5. The Labute approximate surface area is 126 Å². The van der Waals surface area contributed by atoms with Crippen molar-refractivity contribution in [3.8, 4) is 0 Å². The van der Waals surface area contributed by atoms with Crippen LogP contribution < -0.4 is 5.32 Å². The van der Waals surface area contributed by atoms with Gasteiger partial charge in [-0.15, -0.1) is 0 Å². The molecule has 0 saturated heterocycles. The van der Waals surface area contributed by atoms with Crippen LogP contribution in [0.15, 0.2) is 0 Å². The number of rotatable bonds is 8. The molecule has 21 heavy (non-hydrogen) atoms. The van der Waals surface area contributed by atoms with E-state index in [1.165, 1.54) is 7.11 Å². The summed E-state index contributed by atoms with van der Waals surface area (Å²) < 4.78 is 9.79. The normalized spacial score (nSPS) is 12.4. The number of hydrogen-bond acceptors (Lipinski definition) is 5. The Balaban J connectivity index is 4.24. The zero-order valence-electron chi connectivity index (χ0n) is 13.7. The van der Waals surface area contributed by atoms with E-state index in [-0.39, 0.29) is 5.78 Å². The fourth-order valence-electron chi connectivity index (χ4n) is 1.74. The van der Waals surface area contributed by atoms with E-state index in [1.807, 2.05) is 0 Å².